The standard InChI is InChI=1S/C17H17NO2S/c1-3-14-13(17(19)20-4-2)9-11-10-21-15-8-6-5-7-12(15)16(11)18-14/h5-9H,3-4,10H2,1-2H3. The molecule has 0 N–H and O–H groups in total. The van der Waals surface area contributed by atoms with Crippen molar-refractivity contribution in [2.75, 3.05) is 6.61 Å². The van der Waals surface area contributed by atoms with E-state index in [4.69, 9.17) is 9.72 Å². The van der Waals surface area contributed by atoms with Crippen molar-refractivity contribution in [1.29, 1.82) is 0 Å². The number of carbonyl (C=O) groups excluding carboxylic acids is 1. The maximum Gasteiger partial charge on any atom is 0.339 e. The van der Waals surface area contributed by atoms with Gasteiger partial charge in [-0.2, -0.15) is 0 Å². The second-order valence-electron chi connectivity index (χ2n) is 4.85. The predicted molar refractivity (Wildman–Crippen MR) is 84.6 cm³/mol. The van der Waals surface area contributed by atoms with E-state index in [1.54, 1.807) is 11.8 Å². The van der Waals surface area contributed by atoms with Crippen molar-refractivity contribution in [2.45, 2.75) is 30.9 Å². The summed E-state index contributed by atoms with van der Waals surface area (Å²) in [6.45, 7) is 4.22. The summed E-state index contributed by atoms with van der Waals surface area (Å²) in [6, 6.07) is 10.2. The van der Waals surface area contributed by atoms with Crippen molar-refractivity contribution in [1.82, 2.24) is 4.98 Å². The maximum absolute atomic E-state index is 12.1. The Morgan fingerprint density at radius 3 is 2.90 bits per heavy atom. The number of nitrogens with zero attached hydrogens (tertiary/aromatic N) is 1. The Morgan fingerprint density at radius 1 is 1.33 bits per heavy atom. The lowest BCUT2D eigenvalue weighted by Gasteiger charge is -2.20. The molecule has 108 valence electrons. The molecule has 3 rings (SSSR count). The third-order valence-corrected chi connectivity index (χ3v) is 4.66. The average molecular weight is 299 g/mol. The fourth-order valence-corrected chi connectivity index (χ4v) is 3.56. The second-order valence-corrected chi connectivity index (χ2v) is 5.87. The van der Waals surface area contributed by atoms with Crippen molar-refractivity contribution in [3.8, 4) is 11.3 Å². The molecule has 2 heterocycles. The Kier molecular flexibility index (Phi) is 3.97. The van der Waals surface area contributed by atoms with Gasteiger partial charge in [-0.05, 0) is 31.0 Å². The van der Waals surface area contributed by atoms with Crippen LogP contribution in [-0.4, -0.2) is 17.6 Å². The van der Waals surface area contributed by atoms with E-state index in [-0.39, 0.29) is 5.97 Å². The minimum atomic E-state index is -0.270. The third kappa shape index (κ3) is 2.56. The molecule has 0 saturated heterocycles. The molecule has 1 aromatic heterocycles. The van der Waals surface area contributed by atoms with Crippen LogP contribution >= 0.6 is 11.8 Å². The van der Waals surface area contributed by atoms with E-state index >= 15 is 0 Å². The molecule has 0 saturated carbocycles. The van der Waals surface area contributed by atoms with Crippen LogP contribution in [0.3, 0.4) is 0 Å². The van der Waals surface area contributed by atoms with Crippen LogP contribution in [0.4, 0.5) is 0 Å². The molecule has 0 amide bonds. The van der Waals surface area contributed by atoms with E-state index in [9.17, 15) is 4.79 Å². The van der Waals surface area contributed by atoms with E-state index in [2.05, 4.69) is 12.1 Å². The number of aryl methyl sites for hydroxylation is 1. The molecular weight excluding hydrogens is 282 g/mol. The largest absolute Gasteiger partial charge is 0.462 e. The maximum atomic E-state index is 12.1. The Morgan fingerprint density at radius 2 is 2.14 bits per heavy atom. The zero-order chi connectivity index (χ0) is 14.8. The predicted octanol–water partition coefficient (Wildman–Crippen LogP) is 4.09. The average Bonchev–Trinajstić information content (AvgIpc) is 2.53. The number of thioether (sulfide) groups is 1. The first-order valence-corrected chi connectivity index (χ1v) is 8.15. The van der Waals surface area contributed by atoms with Gasteiger partial charge in [-0.3, -0.25) is 4.98 Å². The van der Waals surface area contributed by atoms with E-state index in [0.29, 0.717) is 12.2 Å². The van der Waals surface area contributed by atoms with Gasteiger partial charge in [0.1, 0.15) is 0 Å². The van der Waals surface area contributed by atoms with E-state index in [1.165, 1.54) is 4.90 Å². The zero-order valence-electron chi connectivity index (χ0n) is 12.2. The van der Waals surface area contributed by atoms with E-state index < -0.39 is 0 Å². The first-order chi connectivity index (χ1) is 10.2. The molecule has 21 heavy (non-hydrogen) atoms. The van der Waals surface area contributed by atoms with Crippen LogP contribution in [0.25, 0.3) is 11.3 Å². The number of ether oxygens (including phenoxy) is 1. The van der Waals surface area contributed by atoms with Gasteiger partial charge >= 0.3 is 5.97 Å². The normalized spacial score (nSPS) is 12.5. The Labute approximate surface area is 128 Å². The Bertz CT molecular complexity index is 697. The monoisotopic (exact) mass is 299 g/mol. The first kappa shape index (κ1) is 14.1. The molecule has 1 aliphatic rings. The molecule has 0 aliphatic carbocycles. The fourth-order valence-electron chi connectivity index (χ4n) is 2.53. The van der Waals surface area contributed by atoms with Crippen LogP contribution in [0.2, 0.25) is 0 Å². The highest BCUT2D eigenvalue weighted by Gasteiger charge is 2.22. The topological polar surface area (TPSA) is 39.2 Å². The molecular formula is C17H17NO2S. The highest BCUT2D eigenvalue weighted by Crippen LogP contribution is 2.40. The molecule has 0 unspecified atom stereocenters. The van der Waals surface area contributed by atoms with Crippen LogP contribution in [0, 0.1) is 0 Å². The van der Waals surface area contributed by atoms with Gasteiger partial charge in [-0.15, -0.1) is 11.8 Å². The summed E-state index contributed by atoms with van der Waals surface area (Å²) in [5, 5.41) is 0. The summed E-state index contributed by atoms with van der Waals surface area (Å²) < 4.78 is 5.15. The third-order valence-electron chi connectivity index (χ3n) is 3.54. The number of aromatic nitrogens is 1. The zero-order valence-corrected chi connectivity index (χ0v) is 13.0. The summed E-state index contributed by atoms with van der Waals surface area (Å²) >= 11 is 1.79. The molecule has 3 nitrogen and oxygen atoms in total. The lowest BCUT2D eigenvalue weighted by atomic mass is 10.0. The van der Waals surface area contributed by atoms with Crippen molar-refractivity contribution < 1.29 is 9.53 Å². The number of benzene rings is 1. The molecule has 0 fully saturated rings. The summed E-state index contributed by atoms with van der Waals surface area (Å²) in [4.78, 5) is 18.1. The Balaban J connectivity index is 2.13. The number of fused-ring (bicyclic) bond motifs is 3. The molecule has 0 atom stereocenters. The van der Waals surface area contributed by atoms with Gasteiger partial charge in [0.25, 0.3) is 0 Å². The second kappa shape index (κ2) is 5.90. The molecule has 0 spiro atoms. The number of pyridine rings is 1. The lowest BCUT2D eigenvalue weighted by molar-refractivity contribution is 0.0524. The molecule has 4 heteroatoms. The minimum Gasteiger partial charge on any atom is -0.462 e. The quantitative estimate of drug-likeness (QED) is 0.800. The smallest absolute Gasteiger partial charge is 0.339 e. The molecule has 0 radical (unpaired) electrons. The highest BCUT2D eigenvalue weighted by atomic mass is 32.2. The van der Waals surface area contributed by atoms with Crippen LogP contribution < -0.4 is 0 Å². The van der Waals surface area contributed by atoms with Gasteiger partial charge in [0.15, 0.2) is 0 Å². The highest BCUT2D eigenvalue weighted by molar-refractivity contribution is 7.98. The SMILES string of the molecule is CCOC(=O)c1cc2c(nc1CC)-c1ccccc1SC2. The van der Waals surface area contributed by atoms with Gasteiger partial charge in [0, 0.05) is 16.2 Å². The van der Waals surface area contributed by atoms with Gasteiger partial charge in [0.2, 0.25) is 0 Å². The fraction of sp³-hybridized carbons (Fsp3) is 0.294. The van der Waals surface area contributed by atoms with Crippen LogP contribution in [0.15, 0.2) is 35.2 Å². The summed E-state index contributed by atoms with van der Waals surface area (Å²) in [5.74, 6) is 0.573. The van der Waals surface area contributed by atoms with Crippen molar-refractivity contribution in [3.05, 3.63) is 47.2 Å². The number of hydrogen-bond acceptors (Lipinski definition) is 4. The lowest BCUT2D eigenvalue weighted by Crippen LogP contribution is -2.12. The van der Waals surface area contributed by atoms with Crippen molar-refractivity contribution in [2.24, 2.45) is 0 Å². The van der Waals surface area contributed by atoms with Crippen LogP contribution in [0.1, 0.15) is 35.5 Å². The molecule has 2 aromatic rings. The Hall–Kier alpha value is -1.81. The number of rotatable bonds is 3. The number of esters is 1. The van der Waals surface area contributed by atoms with Crippen LogP contribution in [0.5, 0.6) is 0 Å². The van der Waals surface area contributed by atoms with E-state index in [0.717, 1.165) is 34.7 Å². The molecule has 0 bridgehead atoms. The number of hydrogen-bond donors (Lipinski definition) is 0. The van der Waals surface area contributed by atoms with Crippen molar-refractivity contribution >= 4 is 17.7 Å². The molecule has 1 aromatic carbocycles. The van der Waals surface area contributed by atoms with Gasteiger partial charge in [-0.1, -0.05) is 25.1 Å². The minimum absolute atomic E-state index is 0.270. The van der Waals surface area contributed by atoms with Gasteiger partial charge in [-0.25, -0.2) is 4.79 Å². The summed E-state index contributed by atoms with van der Waals surface area (Å²) in [7, 11) is 0. The summed E-state index contributed by atoms with van der Waals surface area (Å²) in [5.41, 5.74) is 4.70. The van der Waals surface area contributed by atoms with Gasteiger partial charge < -0.3 is 4.74 Å². The molecule has 1 aliphatic heterocycles. The first-order valence-electron chi connectivity index (χ1n) is 7.16. The summed E-state index contributed by atoms with van der Waals surface area (Å²) in [6.07, 6.45) is 0.719. The van der Waals surface area contributed by atoms with Gasteiger partial charge in [0.05, 0.1) is 23.6 Å². The van der Waals surface area contributed by atoms with Crippen LogP contribution in [-0.2, 0) is 16.9 Å². The number of carbonyl (C=O) groups is 1. The van der Waals surface area contributed by atoms with E-state index in [1.807, 2.05) is 32.0 Å². The van der Waals surface area contributed by atoms with Crippen molar-refractivity contribution in [3.63, 3.8) is 0 Å².